The van der Waals surface area contributed by atoms with Crippen LogP contribution in [0, 0.1) is 0 Å². The van der Waals surface area contributed by atoms with E-state index in [-0.39, 0.29) is 11.8 Å². The highest BCUT2D eigenvalue weighted by Crippen LogP contribution is 2.51. The number of hydrogen-bond acceptors (Lipinski definition) is 9. The first-order valence-electron chi connectivity index (χ1n) is 15.4. The second kappa shape index (κ2) is 11.2. The fraction of sp³-hybridized carbons (Fsp3) is 0.270. The number of hydrogen-bond donors (Lipinski definition) is 0. The van der Waals surface area contributed by atoms with Gasteiger partial charge in [0.2, 0.25) is 0 Å². The first kappa shape index (κ1) is 29.4. The Morgan fingerprint density at radius 2 is 0.717 bits per heavy atom. The lowest BCUT2D eigenvalue weighted by Crippen LogP contribution is -2.20. The SMILES string of the molecule is CN(C)c1ccc2c(c1)Oc1cc(N(C)C)ccc1C2c1ncnc(C2c3ccc(N(C)C)cc3Oc3cc(N(C)C)ccc32)n1. The molecule has 1 aromatic heterocycles. The monoisotopic (exact) mass is 613 g/mol. The largest absolute Gasteiger partial charge is 0.457 e. The summed E-state index contributed by atoms with van der Waals surface area (Å²) < 4.78 is 13.1. The molecular formula is C37H39N7O2. The molecule has 0 bridgehead atoms. The maximum Gasteiger partial charge on any atom is 0.144 e. The highest BCUT2D eigenvalue weighted by molar-refractivity contribution is 5.67. The molecule has 0 radical (unpaired) electrons. The predicted molar refractivity (Wildman–Crippen MR) is 185 cm³/mol. The highest BCUT2D eigenvalue weighted by Gasteiger charge is 2.35. The summed E-state index contributed by atoms with van der Waals surface area (Å²) in [4.78, 5) is 23.2. The molecule has 0 aliphatic carbocycles. The van der Waals surface area contributed by atoms with Crippen molar-refractivity contribution in [3.8, 4) is 23.0 Å². The van der Waals surface area contributed by atoms with Crippen LogP contribution in [0.5, 0.6) is 23.0 Å². The van der Waals surface area contributed by atoms with Crippen molar-refractivity contribution in [3.63, 3.8) is 0 Å². The lowest BCUT2D eigenvalue weighted by molar-refractivity contribution is 0.447. The number of anilines is 4. The third-order valence-corrected chi connectivity index (χ3v) is 8.86. The molecule has 7 rings (SSSR count). The second-order valence-electron chi connectivity index (χ2n) is 12.7. The van der Waals surface area contributed by atoms with Crippen LogP contribution in [0.3, 0.4) is 0 Å². The van der Waals surface area contributed by atoms with Gasteiger partial charge in [0.05, 0.1) is 11.8 Å². The van der Waals surface area contributed by atoms with E-state index in [1.165, 1.54) is 0 Å². The van der Waals surface area contributed by atoms with Gasteiger partial charge in [-0.1, -0.05) is 24.3 Å². The van der Waals surface area contributed by atoms with Crippen molar-refractivity contribution >= 4 is 22.7 Å². The summed E-state index contributed by atoms with van der Waals surface area (Å²) >= 11 is 0. The smallest absolute Gasteiger partial charge is 0.144 e. The van der Waals surface area contributed by atoms with E-state index in [9.17, 15) is 0 Å². The van der Waals surface area contributed by atoms with Gasteiger partial charge in [0.1, 0.15) is 41.0 Å². The summed E-state index contributed by atoms with van der Waals surface area (Å²) in [6, 6.07) is 25.3. The molecule has 0 amide bonds. The first-order chi connectivity index (χ1) is 22.1. The Kier molecular flexibility index (Phi) is 7.19. The van der Waals surface area contributed by atoms with E-state index in [4.69, 9.17) is 24.4 Å². The lowest BCUT2D eigenvalue weighted by atomic mass is 9.85. The number of benzene rings is 4. The number of fused-ring (bicyclic) bond motifs is 4. The number of rotatable bonds is 6. The van der Waals surface area contributed by atoms with Gasteiger partial charge in [0, 0.05) is 126 Å². The maximum absolute atomic E-state index is 6.56. The van der Waals surface area contributed by atoms with Gasteiger partial charge in [-0.25, -0.2) is 15.0 Å². The van der Waals surface area contributed by atoms with Crippen molar-refractivity contribution in [1.82, 2.24) is 15.0 Å². The molecule has 234 valence electrons. The van der Waals surface area contributed by atoms with Gasteiger partial charge in [0.25, 0.3) is 0 Å². The van der Waals surface area contributed by atoms with E-state index < -0.39 is 0 Å². The van der Waals surface area contributed by atoms with Crippen molar-refractivity contribution in [2.24, 2.45) is 0 Å². The van der Waals surface area contributed by atoms with Crippen molar-refractivity contribution in [1.29, 1.82) is 0 Å². The molecule has 9 nitrogen and oxygen atoms in total. The molecule has 2 aliphatic heterocycles. The second-order valence-corrected chi connectivity index (χ2v) is 12.7. The van der Waals surface area contributed by atoms with Gasteiger partial charge < -0.3 is 29.1 Å². The summed E-state index contributed by atoms with van der Waals surface area (Å²) in [6.45, 7) is 0. The zero-order chi connectivity index (χ0) is 32.3. The Labute approximate surface area is 270 Å². The first-order valence-corrected chi connectivity index (χ1v) is 15.4. The number of ether oxygens (including phenoxy) is 2. The molecule has 46 heavy (non-hydrogen) atoms. The van der Waals surface area contributed by atoms with Crippen LogP contribution in [0.25, 0.3) is 0 Å². The molecule has 2 aliphatic rings. The van der Waals surface area contributed by atoms with Crippen LogP contribution < -0.4 is 29.1 Å². The van der Waals surface area contributed by atoms with E-state index in [2.05, 4.69) is 92.4 Å². The zero-order valence-electron chi connectivity index (χ0n) is 27.6. The molecule has 0 atom stereocenters. The molecule has 4 aromatic carbocycles. The van der Waals surface area contributed by atoms with Gasteiger partial charge in [-0.3, -0.25) is 0 Å². The summed E-state index contributed by atoms with van der Waals surface area (Å²) in [5.41, 5.74) is 8.32. The molecular weight excluding hydrogens is 574 g/mol. The molecule has 9 heteroatoms. The maximum atomic E-state index is 6.56. The van der Waals surface area contributed by atoms with E-state index >= 15 is 0 Å². The average molecular weight is 614 g/mol. The summed E-state index contributed by atoms with van der Waals surface area (Å²) in [5, 5.41) is 0. The predicted octanol–water partition coefficient (Wildman–Crippen LogP) is 6.71. The normalized spacial score (nSPS) is 13.4. The van der Waals surface area contributed by atoms with E-state index in [0.29, 0.717) is 11.6 Å². The summed E-state index contributed by atoms with van der Waals surface area (Å²) in [6.07, 6.45) is 1.64. The Bertz CT molecular complexity index is 1700. The van der Waals surface area contributed by atoms with Crippen LogP contribution >= 0.6 is 0 Å². The fourth-order valence-corrected chi connectivity index (χ4v) is 6.24. The Morgan fingerprint density at radius 1 is 0.435 bits per heavy atom. The minimum Gasteiger partial charge on any atom is -0.457 e. The zero-order valence-corrected chi connectivity index (χ0v) is 27.6. The van der Waals surface area contributed by atoms with Gasteiger partial charge in [-0.05, 0) is 24.3 Å². The molecule has 5 aromatic rings. The van der Waals surface area contributed by atoms with E-state index in [1.54, 1.807) is 6.33 Å². The molecule has 0 saturated carbocycles. The summed E-state index contributed by atoms with van der Waals surface area (Å²) in [5.74, 6) is 4.08. The molecule has 0 spiro atoms. The van der Waals surface area contributed by atoms with Crippen LogP contribution in [0.2, 0.25) is 0 Å². The molecule has 0 saturated heterocycles. The average Bonchev–Trinajstić information content (AvgIpc) is 3.04. The molecule has 0 N–H and O–H groups in total. The van der Waals surface area contributed by atoms with Crippen molar-refractivity contribution < 1.29 is 9.47 Å². The van der Waals surface area contributed by atoms with E-state index in [1.807, 2.05) is 56.4 Å². The Hall–Kier alpha value is -5.31. The molecule has 0 fully saturated rings. The topological polar surface area (TPSA) is 70.1 Å². The van der Waals surface area contributed by atoms with Crippen LogP contribution in [0.15, 0.2) is 79.1 Å². The number of nitrogens with zero attached hydrogens (tertiary/aromatic N) is 7. The minimum atomic E-state index is -0.237. The summed E-state index contributed by atoms with van der Waals surface area (Å²) in [7, 11) is 16.3. The van der Waals surface area contributed by atoms with Crippen LogP contribution in [0.1, 0.15) is 45.7 Å². The minimum absolute atomic E-state index is 0.237. The van der Waals surface area contributed by atoms with Crippen LogP contribution in [0.4, 0.5) is 22.7 Å². The van der Waals surface area contributed by atoms with Gasteiger partial charge in [-0.15, -0.1) is 0 Å². The van der Waals surface area contributed by atoms with E-state index in [0.717, 1.165) is 68.0 Å². The molecule has 0 unspecified atom stereocenters. The molecule has 3 heterocycles. The standard InChI is InChI=1S/C37H39N7O2/c1-41(2)22-9-13-26-30(17-22)45-31-18-23(42(3)4)10-14-27(31)34(26)36-38-21-39-37(40-36)35-28-15-11-24(43(5)6)19-32(28)46-33-20-25(44(7)8)12-16-29(33)35/h9-21,34-35H,1-8H3. The van der Waals surface area contributed by atoms with Crippen LogP contribution in [-0.2, 0) is 0 Å². The van der Waals surface area contributed by atoms with Gasteiger partial charge >= 0.3 is 0 Å². The van der Waals surface area contributed by atoms with Crippen molar-refractivity contribution in [2.45, 2.75) is 11.8 Å². The lowest BCUT2D eigenvalue weighted by Gasteiger charge is -2.31. The fourth-order valence-electron chi connectivity index (χ4n) is 6.24. The Morgan fingerprint density at radius 3 is 0.978 bits per heavy atom. The van der Waals surface area contributed by atoms with Gasteiger partial charge in [0.15, 0.2) is 0 Å². The third-order valence-electron chi connectivity index (χ3n) is 8.86. The van der Waals surface area contributed by atoms with Crippen molar-refractivity contribution in [2.75, 3.05) is 76.0 Å². The van der Waals surface area contributed by atoms with Gasteiger partial charge in [-0.2, -0.15) is 0 Å². The number of aromatic nitrogens is 3. The Balaban J connectivity index is 1.40. The van der Waals surface area contributed by atoms with Crippen LogP contribution in [-0.4, -0.2) is 71.3 Å². The quantitative estimate of drug-likeness (QED) is 0.204. The van der Waals surface area contributed by atoms with Crippen molar-refractivity contribution in [3.05, 3.63) is 113 Å². The third kappa shape index (κ3) is 5.01. The highest BCUT2D eigenvalue weighted by atomic mass is 16.5.